The van der Waals surface area contributed by atoms with Gasteiger partial charge in [-0.1, -0.05) is 110 Å². The third-order valence-electron chi connectivity index (χ3n) is 33.8. The van der Waals surface area contributed by atoms with Crippen LogP contribution in [-0.4, -0.2) is 150 Å². The van der Waals surface area contributed by atoms with E-state index in [-0.39, 0.29) is 112 Å². The Morgan fingerprint density at radius 3 is 1.45 bits per heavy atom. The molecule has 4 heterocycles. The van der Waals surface area contributed by atoms with Crippen LogP contribution in [0.25, 0.3) is 0 Å². The minimum atomic E-state index is -2.02. The standard InChI is InChI=1S/C44H75NO6Si.C38H63NO6/c1-13-52(14-2,15-3)51-38-37-35(29(6)26-30(48-37)36(28(4)5)50-39(46)45(11)12)41(9)23-24-44-27-43(44)22-21-33(49-34-18-16-17-25-47-34)40(7,8)31(43)19-20-32(44)42(38,41)10;1-22(2)30(45-33(41)39(8)9)24-20-23(3)29-31(43-24)32(40)36(7)26-14-13-25-34(4,5)27(44-28-12-10-11-19-42-28)15-16-37(25)21-38(26,37)18-17-35(29,36)6/h29-38H,4,13-27H2,1-3,5-12H3;22-32,40H,10-21H2,1-9H3/t29-,30-,31+,32+,33?,34+,35+,36-,37+,38+,41-,42-,43-,44?;23-,24-,25+,26+,27?,28+,29+,30-,31+,32+,35-,36-,37-,38?/m11/s1. The first-order chi connectivity index (χ1) is 45.6. The number of ether oxygens (including phenoxy) is 8. The summed E-state index contributed by atoms with van der Waals surface area (Å²) in [7, 11) is 4.93. The number of aliphatic hydroxyl groups is 1. The zero-order chi connectivity index (χ0) is 70.0. The lowest BCUT2D eigenvalue weighted by Crippen LogP contribution is -2.61. The van der Waals surface area contributed by atoms with Crippen molar-refractivity contribution in [2.75, 3.05) is 41.4 Å². The first kappa shape index (κ1) is 73.5. The number of carbonyl (C=O) groups excluding carboxylic acids is 2. The molecular weight excluding hydrogens is 1230 g/mol. The predicted molar refractivity (Wildman–Crippen MR) is 383 cm³/mol. The molecule has 14 rings (SSSR count). The first-order valence-electron chi connectivity index (χ1n) is 40.3. The van der Waals surface area contributed by atoms with Gasteiger partial charge in [0, 0.05) is 52.2 Å². The summed E-state index contributed by atoms with van der Waals surface area (Å²) in [6.07, 6.45) is 24.0. The number of hydrogen-bond donors (Lipinski definition) is 1. The predicted octanol–water partition coefficient (Wildman–Crippen LogP) is 17.8. The minimum absolute atomic E-state index is 0.00241. The van der Waals surface area contributed by atoms with Gasteiger partial charge in [-0.2, -0.15) is 0 Å². The summed E-state index contributed by atoms with van der Waals surface area (Å²) in [5.41, 5.74) is 2.54. The third kappa shape index (κ3) is 10.8. The maximum absolute atomic E-state index is 12.9. The second kappa shape index (κ2) is 25.8. The summed E-state index contributed by atoms with van der Waals surface area (Å²) in [4.78, 5) is 28.6. The molecule has 14 nitrogen and oxygen atoms in total. The SMILES string of the molecule is C=C(C)[C@@H](OC(=O)N(C)C)[C@H]1C[C@@H](C)[C@H]2[C@H](O1)[C@H](O[Si](CC)(CC)CC)[C@@]1(C)[C@@H]3CC[C@H]4C(C)(C)C(O[C@H]5CCCCO5)CC[C@@]45CC35CC[C@]21C.CC(C)[C@@H](OC(=O)N(C)C)[C@H]1C[C@@H](C)[C@H]2[C@H](O1)[C@H](O)[C@@]1(C)[C@@H]3CC[C@H]4C(C)(C)C(O[C@H]5CCCCO5)CC[C@@]45CC35CC[C@]21C. The number of carbonyl (C=O) groups is 2. The van der Waals surface area contributed by atoms with Crippen LogP contribution in [-0.2, 0) is 42.3 Å². The monoisotopic (exact) mass is 1370 g/mol. The Labute approximate surface area is 589 Å². The minimum Gasteiger partial charge on any atom is -0.443 e. The fourth-order valence-electron chi connectivity index (χ4n) is 28.5. The molecule has 0 aromatic carbocycles. The van der Waals surface area contributed by atoms with E-state index in [1.807, 2.05) is 6.92 Å². The third-order valence-corrected chi connectivity index (χ3v) is 38.4. The van der Waals surface area contributed by atoms with Gasteiger partial charge in [-0.15, -0.1) is 0 Å². The molecule has 14 fully saturated rings. The molecule has 15 heteroatoms. The van der Waals surface area contributed by atoms with Crippen LogP contribution in [0.5, 0.6) is 0 Å². The summed E-state index contributed by atoms with van der Waals surface area (Å²) >= 11 is 0. The Hall–Kier alpha value is -1.82. The topological polar surface area (TPSA) is 144 Å². The highest BCUT2D eigenvalue weighted by atomic mass is 28.4. The van der Waals surface area contributed by atoms with Crippen LogP contribution < -0.4 is 0 Å². The molecule has 10 aliphatic carbocycles. The Bertz CT molecular complexity index is 2880. The van der Waals surface area contributed by atoms with Gasteiger partial charge in [0.1, 0.15) is 6.10 Å². The van der Waals surface area contributed by atoms with E-state index in [4.69, 9.17) is 42.3 Å². The number of aliphatic hydroxyl groups excluding tert-OH is 1. The van der Waals surface area contributed by atoms with Crippen molar-refractivity contribution in [2.45, 2.75) is 344 Å². The molecule has 4 spiro atoms. The average Bonchev–Trinajstić information content (AvgIpc) is 1.47. The Balaban J connectivity index is 0.000000177. The normalized spacial score (nSPS) is 49.2. The molecule has 552 valence electrons. The van der Waals surface area contributed by atoms with Crippen molar-refractivity contribution in [1.29, 1.82) is 0 Å². The van der Waals surface area contributed by atoms with Crippen molar-refractivity contribution >= 4 is 20.5 Å². The summed E-state index contributed by atoms with van der Waals surface area (Å²) in [5, 5.41) is 12.6. The molecule has 10 saturated carbocycles. The maximum atomic E-state index is 12.9. The Morgan fingerprint density at radius 1 is 0.567 bits per heavy atom. The van der Waals surface area contributed by atoms with E-state index >= 15 is 0 Å². The smallest absolute Gasteiger partial charge is 0.409 e. The van der Waals surface area contributed by atoms with E-state index in [0.29, 0.717) is 69.0 Å². The molecule has 4 unspecified atom stereocenters. The van der Waals surface area contributed by atoms with E-state index in [2.05, 4.69) is 110 Å². The summed E-state index contributed by atoms with van der Waals surface area (Å²) in [6, 6.07) is 3.41. The van der Waals surface area contributed by atoms with Crippen LogP contribution >= 0.6 is 0 Å². The molecule has 4 saturated heterocycles. The zero-order valence-corrected chi connectivity index (χ0v) is 65.8. The van der Waals surface area contributed by atoms with Crippen LogP contribution in [0.2, 0.25) is 18.1 Å². The van der Waals surface area contributed by atoms with Crippen LogP contribution in [0.4, 0.5) is 9.59 Å². The van der Waals surface area contributed by atoms with Gasteiger partial charge in [0.2, 0.25) is 0 Å². The highest BCUT2D eigenvalue weighted by Gasteiger charge is 2.87. The van der Waals surface area contributed by atoms with Gasteiger partial charge in [0.05, 0.1) is 48.8 Å². The van der Waals surface area contributed by atoms with Crippen molar-refractivity contribution in [3.05, 3.63) is 12.2 Å². The lowest BCUT2D eigenvalue weighted by atomic mass is 9.41. The van der Waals surface area contributed by atoms with Crippen LogP contribution in [0.3, 0.4) is 0 Å². The lowest BCUT2D eigenvalue weighted by Gasteiger charge is -2.64. The molecule has 97 heavy (non-hydrogen) atoms. The van der Waals surface area contributed by atoms with Crippen molar-refractivity contribution < 1.29 is 57.0 Å². The number of hydrogen-bond acceptors (Lipinski definition) is 12. The van der Waals surface area contributed by atoms with Crippen LogP contribution in [0, 0.1) is 107 Å². The fraction of sp³-hybridized carbons (Fsp3) is 0.951. The summed E-state index contributed by atoms with van der Waals surface area (Å²) in [6.45, 7) is 44.6. The molecule has 0 radical (unpaired) electrons. The highest BCUT2D eigenvalue weighted by molar-refractivity contribution is 6.73. The van der Waals surface area contributed by atoms with Crippen molar-refractivity contribution in [2.24, 2.45) is 107 Å². The summed E-state index contributed by atoms with van der Waals surface area (Å²) in [5.74, 6) is 4.15. The largest absolute Gasteiger partial charge is 0.443 e. The summed E-state index contributed by atoms with van der Waals surface area (Å²) < 4.78 is 60.4. The van der Waals surface area contributed by atoms with Gasteiger partial charge in [-0.3, -0.25) is 0 Å². The van der Waals surface area contributed by atoms with Gasteiger partial charge in [-0.25, -0.2) is 9.59 Å². The number of nitrogens with zero attached hydrogens (tertiary/aromatic N) is 2. The van der Waals surface area contributed by atoms with Gasteiger partial charge in [-0.05, 0) is 268 Å². The molecule has 28 atom stereocenters. The van der Waals surface area contributed by atoms with Crippen LogP contribution in [0.15, 0.2) is 12.2 Å². The molecular formula is C82H138N2O12Si. The molecule has 0 bridgehead atoms. The quantitative estimate of drug-likeness (QED) is 0.0947. The van der Waals surface area contributed by atoms with E-state index in [0.717, 1.165) is 88.3 Å². The molecule has 1 N–H and O–H groups in total. The van der Waals surface area contributed by atoms with Gasteiger partial charge in [0.25, 0.3) is 0 Å². The molecule has 2 amide bonds. The Morgan fingerprint density at radius 2 is 1.00 bits per heavy atom. The van der Waals surface area contributed by atoms with Gasteiger partial charge >= 0.3 is 12.2 Å². The van der Waals surface area contributed by atoms with Crippen LogP contribution in [0.1, 0.15) is 252 Å². The van der Waals surface area contributed by atoms with Crippen molar-refractivity contribution in [3.63, 3.8) is 0 Å². The van der Waals surface area contributed by atoms with E-state index in [1.54, 1.807) is 28.2 Å². The average molecular weight is 1370 g/mol. The number of amides is 2. The molecule has 14 aliphatic rings. The first-order valence-corrected chi connectivity index (χ1v) is 42.8. The molecule has 4 aliphatic heterocycles. The van der Waals surface area contributed by atoms with Crippen molar-refractivity contribution in [3.8, 4) is 0 Å². The number of fused-ring (bicyclic) bond motifs is 8. The highest BCUT2D eigenvalue weighted by Crippen LogP contribution is 2.91. The van der Waals surface area contributed by atoms with E-state index in [9.17, 15) is 14.7 Å². The van der Waals surface area contributed by atoms with Gasteiger partial charge < -0.3 is 57.2 Å². The van der Waals surface area contributed by atoms with E-state index in [1.165, 1.54) is 99.7 Å². The van der Waals surface area contributed by atoms with E-state index < -0.39 is 20.5 Å². The number of rotatable bonds is 15. The second-order valence-electron chi connectivity index (χ2n) is 38.8. The van der Waals surface area contributed by atoms with Crippen molar-refractivity contribution in [1.82, 2.24) is 9.80 Å². The van der Waals surface area contributed by atoms with Gasteiger partial charge in [0.15, 0.2) is 27.0 Å². The second-order valence-corrected chi connectivity index (χ2v) is 43.5. The fourth-order valence-corrected chi connectivity index (χ4v) is 31.4. The Kier molecular flexibility index (Phi) is 19.5. The maximum Gasteiger partial charge on any atom is 0.409 e. The molecule has 0 aromatic rings. The lowest BCUT2D eigenvalue weighted by molar-refractivity contribution is -0.242. The molecule has 0 aromatic heterocycles. The zero-order valence-electron chi connectivity index (χ0n) is 64.8.